The molecule has 2 atom stereocenters. The van der Waals surface area contributed by atoms with E-state index in [4.69, 9.17) is 5.73 Å². The summed E-state index contributed by atoms with van der Waals surface area (Å²) in [5.41, 5.74) is 7.46. The molecule has 1 aromatic rings. The van der Waals surface area contributed by atoms with Gasteiger partial charge in [-0.1, -0.05) is 32.9 Å². The van der Waals surface area contributed by atoms with Crippen LogP contribution in [-0.4, -0.2) is 23.7 Å². The van der Waals surface area contributed by atoms with Crippen LogP contribution in [0.15, 0.2) is 24.3 Å². The Kier molecular flexibility index (Phi) is 6.52. The number of aliphatic hydroxyl groups excluding tert-OH is 1. The number of anilines is 1. The molecular weight excluding hydrogens is 252 g/mol. The zero-order valence-electron chi connectivity index (χ0n) is 12.6. The smallest absolute Gasteiger partial charge is 0.220 e. The van der Waals surface area contributed by atoms with Crippen molar-refractivity contribution in [3.8, 4) is 0 Å². The van der Waals surface area contributed by atoms with Crippen molar-refractivity contribution in [1.29, 1.82) is 0 Å². The van der Waals surface area contributed by atoms with Gasteiger partial charge in [-0.15, -0.1) is 0 Å². The van der Waals surface area contributed by atoms with Crippen molar-refractivity contribution in [3.05, 3.63) is 29.8 Å². The van der Waals surface area contributed by atoms with Crippen LogP contribution in [0.2, 0.25) is 0 Å². The Balaban J connectivity index is 2.36. The van der Waals surface area contributed by atoms with E-state index in [0.717, 1.165) is 11.3 Å². The van der Waals surface area contributed by atoms with Crippen LogP contribution in [0.4, 0.5) is 5.69 Å². The van der Waals surface area contributed by atoms with Crippen molar-refractivity contribution in [3.63, 3.8) is 0 Å². The SMILES string of the molecule is CC(C)CC(O)CNC(=O)CC(C)c1ccc(N)cc1. The van der Waals surface area contributed by atoms with Gasteiger partial charge in [-0.2, -0.15) is 0 Å². The molecule has 4 nitrogen and oxygen atoms in total. The van der Waals surface area contributed by atoms with E-state index in [1.165, 1.54) is 0 Å². The first kappa shape index (κ1) is 16.5. The zero-order chi connectivity index (χ0) is 15.1. The Morgan fingerprint density at radius 2 is 1.85 bits per heavy atom. The number of aliphatic hydroxyl groups is 1. The predicted molar refractivity (Wildman–Crippen MR) is 82.4 cm³/mol. The minimum atomic E-state index is -0.467. The number of carbonyl (C=O) groups is 1. The Labute approximate surface area is 121 Å². The number of nitrogens with one attached hydrogen (secondary N) is 1. The fourth-order valence-corrected chi connectivity index (χ4v) is 2.15. The van der Waals surface area contributed by atoms with Gasteiger partial charge >= 0.3 is 0 Å². The highest BCUT2D eigenvalue weighted by Crippen LogP contribution is 2.19. The molecular formula is C16H26N2O2. The molecule has 0 aliphatic rings. The van der Waals surface area contributed by atoms with E-state index in [2.05, 4.69) is 5.32 Å². The van der Waals surface area contributed by atoms with Gasteiger partial charge in [-0.05, 0) is 36.0 Å². The monoisotopic (exact) mass is 278 g/mol. The molecule has 4 N–H and O–H groups in total. The molecule has 0 aliphatic carbocycles. The second kappa shape index (κ2) is 7.90. The Morgan fingerprint density at radius 1 is 1.25 bits per heavy atom. The van der Waals surface area contributed by atoms with Crippen molar-refractivity contribution in [2.45, 2.75) is 45.6 Å². The van der Waals surface area contributed by atoms with E-state index < -0.39 is 6.10 Å². The molecule has 4 heteroatoms. The summed E-state index contributed by atoms with van der Waals surface area (Å²) in [6.07, 6.45) is 0.650. The summed E-state index contributed by atoms with van der Waals surface area (Å²) >= 11 is 0. The first-order chi connectivity index (χ1) is 9.38. The lowest BCUT2D eigenvalue weighted by Crippen LogP contribution is -2.33. The molecule has 0 saturated heterocycles. The minimum absolute atomic E-state index is 0.0304. The van der Waals surface area contributed by atoms with Gasteiger partial charge in [-0.25, -0.2) is 0 Å². The van der Waals surface area contributed by atoms with Crippen molar-refractivity contribution in [1.82, 2.24) is 5.32 Å². The van der Waals surface area contributed by atoms with Gasteiger partial charge in [-0.3, -0.25) is 4.79 Å². The fourth-order valence-electron chi connectivity index (χ4n) is 2.15. The zero-order valence-corrected chi connectivity index (χ0v) is 12.6. The summed E-state index contributed by atoms with van der Waals surface area (Å²) < 4.78 is 0. The highest BCUT2D eigenvalue weighted by molar-refractivity contribution is 5.76. The first-order valence-corrected chi connectivity index (χ1v) is 7.18. The third-order valence-corrected chi connectivity index (χ3v) is 3.28. The lowest BCUT2D eigenvalue weighted by Gasteiger charge is -2.16. The maximum atomic E-state index is 11.8. The summed E-state index contributed by atoms with van der Waals surface area (Å²) in [4.78, 5) is 11.8. The standard InChI is InChI=1S/C16H26N2O2/c1-11(2)8-15(19)10-18-16(20)9-12(3)13-4-6-14(17)7-5-13/h4-7,11-12,15,19H,8-10,17H2,1-3H3,(H,18,20). The van der Waals surface area contributed by atoms with E-state index in [1.54, 1.807) is 0 Å². The number of hydrogen-bond acceptors (Lipinski definition) is 3. The van der Waals surface area contributed by atoms with Crippen LogP contribution in [0.25, 0.3) is 0 Å². The molecule has 0 aliphatic heterocycles. The van der Waals surface area contributed by atoms with E-state index in [0.29, 0.717) is 25.3 Å². The molecule has 1 amide bonds. The van der Waals surface area contributed by atoms with Gasteiger partial charge in [0.05, 0.1) is 6.10 Å². The summed E-state index contributed by atoms with van der Waals surface area (Å²) in [6, 6.07) is 7.58. The van der Waals surface area contributed by atoms with E-state index in [-0.39, 0.29) is 11.8 Å². The van der Waals surface area contributed by atoms with Gasteiger partial charge in [0.1, 0.15) is 0 Å². The third-order valence-electron chi connectivity index (χ3n) is 3.28. The van der Waals surface area contributed by atoms with Gasteiger partial charge in [0, 0.05) is 18.7 Å². The average molecular weight is 278 g/mol. The third kappa shape index (κ3) is 6.06. The molecule has 1 rings (SSSR count). The maximum Gasteiger partial charge on any atom is 0.220 e. The highest BCUT2D eigenvalue weighted by Gasteiger charge is 2.13. The second-order valence-electron chi connectivity index (χ2n) is 5.86. The molecule has 0 radical (unpaired) electrons. The summed E-state index contributed by atoms with van der Waals surface area (Å²) in [5, 5.41) is 12.5. The molecule has 0 spiro atoms. The normalized spacial score (nSPS) is 14.1. The number of nitrogens with two attached hydrogens (primary N) is 1. The molecule has 20 heavy (non-hydrogen) atoms. The van der Waals surface area contributed by atoms with Crippen LogP contribution in [0, 0.1) is 5.92 Å². The largest absolute Gasteiger partial charge is 0.399 e. The average Bonchev–Trinajstić information content (AvgIpc) is 2.36. The van der Waals surface area contributed by atoms with Crippen LogP contribution in [0.3, 0.4) is 0 Å². The predicted octanol–water partition coefficient (Wildman–Crippen LogP) is 2.29. The minimum Gasteiger partial charge on any atom is -0.399 e. The van der Waals surface area contributed by atoms with Crippen LogP contribution < -0.4 is 11.1 Å². The summed E-state index contributed by atoms with van der Waals surface area (Å²) in [5.74, 6) is 0.533. The quantitative estimate of drug-likeness (QED) is 0.670. The Hall–Kier alpha value is -1.55. The molecule has 0 bridgehead atoms. The molecule has 112 valence electrons. The van der Waals surface area contributed by atoms with Crippen LogP contribution >= 0.6 is 0 Å². The Bertz CT molecular complexity index is 415. The lowest BCUT2D eigenvalue weighted by atomic mass is 9.97. The topological polar surface area (TPSA) is 75.3 Å². The number of carbonyl (C=O) groups excluding carboxylic acids is 1. The van der Waals surface area contributed by atoms with E-state index >= 15 is 0 Å². The number of amides is 1. The Morgan fingerprint density at radius 3 is 2.40 bits per heavy atom. The second-order valence-corrected chi connectivity index (χ2v) is 5.86. The number of rotatable bonds is 7. The van der Waals surface area contributed by atoms with Crippen molar-refractivity contribution in [2.24, 2.45) is 5.92 Å². The van der Waals surface area contributed by atoms with Gasteiger partial charge in [0.2, 0.25) is 5.91 Å². The van der Waals surface area contributed by atoms with Crippen LogP contribution in [-0.2, 0) is 4.79 Å². The van der Waals surface area contributed by atoms with Gasteiger partial charge < -0.3 is 16.2 Å². The summed E-state index contributed by atoms with van der Waals surface area (Å²) in [6.45, 7) is 6.43. The molecule has 0 saturated carbocycles. The molecule has 0 heterocycles. The number of benzene rings is 1. The van der Waals surface area contributed by atoms with E-state index in [9.17, 15) is 9.90 Å². The maximum absolute atomic E-state index is 11.8. The molecule has 0 aromatic heterocycles. The molecule has 0 fully saturated rings. The van der Waals surface area contributed by atoms with Crippen molar-refractivity contribution >= 4 is 11.6 Å². The van der Waals surface area contributed by atoms with Crippen molar-refractivity contribution < 1.29 is 9.90 Å². The molecule has 1 aromatic carbocycles. The fraction of sp³-hybridized carbons (Fsp3) is 0.562. The number of nitrogen functional groups attached to an aromatic ring is 1. The highest BCUT2D eigenvalue weighted by atomic mass is 16.3. The van der Waals surface area contributed by atoms with E-state index in [1.807, 2.05) is 45.0 Å². The van der Waals surface area contributed by atoms with Crippen LogP contribution in [0.1, 0.15) is 45.1 Å². The number of hydrogen-bond donors (Lipinski definition) is 3. The summed E-state index contributed by atoms with van der Waals surface area (Å²) in [7, 11) is 0. The van der Waals surface area contributed by atoms with Crippen molar-refractivity contribution in [2.75, 3.05) is 12.3 Å². The van der Waals surface area contributed by atoms with Gasteiger partial charge in [0.25, 0.3) is 0 Å². The lowest BCUT2D eigenvalue weighted by molar-refractivity contribution is -0.121. The first-order valence-electron chi connectivity index (χ1n) is 7.18. The van der Waals surface area contributed by atoms with Gasteiger partial charge in [0.15, 0.2) is 0 Å². The molecule has 2 unspecified atom stereocenters. The van der Waals surface area contributed by atoms with Crippen LogP contribution in [0.5, 0.6) is 0 Å².